The summed E-state index contributed by atoms with van der Waals surface area (Å²) in [5.41, 5.74) is 9.06. The van der Waals surface area contributed by atoms with E-state index in [2.05, 4.69) is 5.32 Å². The van der Waals surface area contributed by atoms with E-state index in [9.17, 15) is 37.1 Å². The minimum absolute atomic E-state index is 0.0842. The summed E-state index contributed by atoms with van der Waals surface area (Å²) < 4.78 is 45.9. The van der Waals surface area contributed by atoms with Crippen molar-refractivity contribution in [3.8, 4) is 5.75 Å². The Kier molecular flexibility index (Phi) is 7.25. The third kappa shape index (κ3) is 4.89. The smallest absolute Gasteiger partial charge is 0.471 e. The molecule has 43 heavy (non-hydrogen) atoms. The molecule has 6 N–H and O–H groups in total. The van der Waals surface area contributed by atoms with Crippen molar-refractivity contribution >= 4 is 35.2 Å². The standard InChI is InChI=1S/C29H34F3N5O6/c1-27(2,3)21(36-26(42)29(30,31)32)24(40)37-12-15-13-8-9-14(10-13)20(15)28(37,25(34)41)16(22(33)38)11-19-23(39)35-17-6-4-5-7-18(17)43-19/h4-9,13-16,19-21H,10-12H2,1-3H3,(H2,33,38)(H2,34,41)(H,35,39)(H,36,42)/t13?,14?,15?,16-,19+,20?,21-,28?/m1/s1. The van der Waals surface area contributed by atoms with E-state index in [0.29, 0.717) is 17.9 Å². The number of ether oxygens (including phenoxy) is 1. The van der Waals surface area contributed by atoms with Crippen molar-refractivity contribution in [2.45, 2.75) is 57.5 Å². The first-order valence-corrected chi connectivity index (χ1v) is 14.0. The van der Waals surface area contributed by atoms with Crippen LogP contribution in [0.5, 0.6) is 5.75 Å². The van der Waals surface area contributed by atoms with Crippen molar-refractivity contribution in [3.05, 3.63) is 36.4 Å². The number of hydrogen-bond acceptors (Lipinski definition) is 6. The van der Waals surface area contributed by atoms with Gasteiger partial charge in [-0.1, -0.05) is 45.1 Å². The largest absolute Gasteiger partial charge is 0.478 e. The number of hydrogen-bond donors (Lipinski definition) is 4. The van der Waals surface area contributed by atoms with E-state index in [0.717, 1.165) is 4.90 Å². The summed E-state index contributed by atoms with van der Waals surface area (Å²) >= 11 is 0. The molecular weight excluding hydrogens is 571 g/mol. The lowest BCUT2D eigenvalue weighted by Gasteiger charge is -2.48. The number of benzene rings is 1. The van der Waals surface area contributed by atoms with Crippen LogP contribution in [0.25, 0.3) is 0 Å². The van der Waals surface area contributed by atoms with Crippen molar-refractivity contribution in [1.82, 2.24) is 10.2 Å². The number of fused-ring (bicyclic) bond motifs is 6. The molecule has 8 atom stereocenters. The van der Waals surface area contributed by atoms with Crippen molar-refractivity contribution < 1.29 is 41.9 Å². The van der Waals surface area contributed by atoms with E-state index < -0.39 is 77.1 Å². The molecule has 0 radical (unpaired) electrons. The minimum atomic E-state index is -5.28. The van der Waals surface area contributed by atoms with Gasteiger partial charge in [-0.05, 0) is 41.7 Å². The summed E-state index contributed by atoms with van der Waals surface area (Å²) in [5, 5.41) is 4.48. The monoisotopic (exact) mass is 605 g/mol. The van der Waals surface area contributed by atoms with Crippen molar-refractivity contribution in [3.63, 3.8) is 0 Å². The van der Waals surface area contributed by atoms with Gasteiger partial charge in [-0.15, -0.1) is 0 Å². The maximum absolute atomic E-state index is 14.3. The molecule has 5 unspecified atom stereocenters. The molecule has 11 nitrogen and oxygen atoms in total. The molecule has 232 valence electrons. The van der Waals surface area contributed by atoms with Gasteiger partial charge in [-0.3, -0.25) is 24.0 Å². The molecule has 1 aromatic carbocycles. The fourth-order valence-corrected chi connectivity index (χ4v) is 7.52. The van der Waals surface area contributed by atoms with Gasteiger partial charge in [0.1, 0.15) is 17.3 Å². The molecule has 5 amide bonds. The maximum atomic E-state index is 14.3. The number of halogens is 3. The van der Waals surface area contributed by atoms with E-state index in [1.807, 2.05) is 12.2 Å². The molecule has 2 bridgehead atoms. The predicted octanol–water partition coefficient (Wildman–Crippen LogP) is 1.48. The zero-order valence-electron chi connectivity index (χ0n) is 23.8. The number of rotatable bonds is 7. The summed E-state index contributed by atoms with van der Waals surface area (Å²) in [5.74, 6) is -8.77. The zero-order chi connectivity index (χ0) is 31.6. The molecule has 1 saturated heterocycles. The average Bonchev–Trinajstić information content (AvgIpc) is 3.61. The SMILES string of the molecule is CC(C)(C)[C@H](NC(=O)C(F)(F)F)C(=O)N1CC2C3C=CC(C3)C2C1(C(N)=O)[C@H](C[C@@H]1Oc2ccccc2NC1=O)C(N)=O. The molecule has 2 aliphatic heterocycles. The topological polar surface area (TPSA) is 174 Å². The lowest BCUT2D eigenvalue weighted by atomic mass is 9.65. The number of allylic oxidation sites excluding steroid dienone is 2. The summed E-state index contributed by atoms with van der Waals surface area (Å²) in [6, 6.07) is 4.83. The number of likely N-dealkylation sites (tertiary alicyclic amines) is 1. The Hall–Kier alpha value is -4.10. The van der Waals surface area contributed by atoms with Gasteiger partial charge in [0, 0.05) is 18.9 Å². The summed E-state index contributed by atoms with van der Waals surface area (Å²) in [6.45, 7) is 4.27. The van der Waals surface area contributed by atoms with Crippen LogP contribution < -0.4 is 26.8 Å². The number of nitrogens with one attached hydrogen (secondary N) is 2. The number of anilines is 1. The highest BCUT2D eigenvalue weighted by Gasteiger charge is 2.70. The Bertz CT molecular complexity index is 1410. The fraction of sp³-hybridized carbons (Fsp3) is 0.552. The molecule has 1 saturated carbocycles. The summed E-state index contributed by atoms with van der Waals surface area (Å²) in [7, 11) is 0. The highest BCUT2D eigenvalue weighted by molar-refractivity contribution is 6.01. The lowest BCUT2D eigenvalue weighted by Crippen LogP contribution is -2.70. The first-order valence-electron chi connectivity index (χ1n) is 14.0. The Labute approximate surface area is 245 Å². The molecule has 0 spiro atoms. The Balaban J connectivity index is 1.60. The van der Waals surface area contributed by atoms with Gasteiger partial charge >= 0.3 is 12.1 Å². The van der Waals surface area contributed by atoms with Crippen LogP contribution in [0.2, 0.25) is 0 Å². The van der Waals surface area contributed by atoms with Crippen molar-refractivity contribution in [2.24, 2.45) is 46.5 Å². The normalized spacial score (nSPS) is 30.5. The van der Waals surface area contributed by atoms with Gasteiger partial charge in [-0.2, -0.15) is 13.2 Å². The Morgan fingerprint density at radius 3 is 2.37 bits per heavy atom. The van der Waals surface area contributed by atoms with Crippen LogP contribution in [0.3, 0.4) is 0 Å². The van der Waals surface area contributed by atoms with Gasteiger partial charge in [0.05, 0.1) is 11.6 Å². The molecular formula is C29H34F3N5O6. The van der Waals surface area contributed by atoms with Gasteiger partial charge in [-0.25, -0.2) is 0 Å². The van der Waals surface area contributed by atoms with Gasteiger partial charge in [0.2, 0.25) is 17.7 Å². The van der Waals surface area contributed by atoms with E-state index in [1.54, 1.807) is 29.6 Å². The first kappa shape index (κ1) is 30.4. The van der Waals surface area contributed by atoms with E-state index in [1.165, 1.54) is 20.8 Å². The average molecular weight is 606 g/mol. The maximum Gasteiger partial charge on any atom is 0.471 e. The quantitative estimate of drug-likeness (QED) is 0.343. The second-order valence-corrected chi connectivity index (χ2v) is 12.8. The van der Waals surface area contributed by atoms with Crippen LogP contribution in [0, 0.1) is 35.0 Å². The highest BCUT2D eigenvalue weighted by atomic mass is 19.4. The Morgan fingerprint density at radius 1 is 1.12 bits per heavy atom. The predicted molar refractivity (Wildman–Crippen MR) is 146 cm³/mol. The van der Waals surface area contributed by atoms with Crippen LogP contribution in [-0.4, -0.2) is 64.8 Å². The van der Waals surface area contributed by atoms with Crippen LogP contribution in [0.1, 0.15) is 33.6 Å². The van der Waals surface area contributed by atoms with E-state index in [-0.39, 0.29) is 24.3 Å². The van der Waals surface area contributed by atoms with Crippen molar-refractivity contribution in [1.29, 1.82) is 0 Å². The highest BCUT2D eigenvalue weighted by Crippen LogP contribution is 2.60. The molecule has 4 aliphatic rings. The van der Waals surface area contributed by atoms with Gasteiger partial charge in [0.25, 0.3) is 5.91 Å². The number of amides is 5. The summed E-state index contributed by atoms with van der Waals surface area (Å²) in [6.07, 6.45) is -2.58. The number of carbonyl (C=O) groups excluding carboxylic acids is 5. The van der Waals surface area contributed by atoms with Gasteiger partial charge < -0.3 is 31.7 Å². The lowest BCUT2D eigenvalue weighted by molar-refractivity contribution is -0.177. The minimum Gasteiger partial charge on any atom is -0.478 e. The molecule has 0 aromatic heterocycles. The number of alkyl halides is 3. The number of primary amides is 2. The summed E-state index contributed by atoms with van der Waals surface area (Å²) in [4.78, 5) is 67.6. The van der Waals surface area contributed by atoms with Crippen LogP contribution in [0.4, 0.5) is 18.9 Å². The second kappa shape index (κ2) is 10.3. The molecule has 1 aromatic rings. The Morgan fingerprint density at radius 2 is 1.77 bits per heavy atom. The third-order valence-electron chi connectivity index (χ3n) is 9.31. The van der Waals surface area contributed by atoms with Crippen LogP contribution in [-0.2, 0) is 24.0 Å². The first-order chi connectivity index (χ1) is 20.0. The fourth-order valence-electron chi connectivity index (χ4n) is 7.52. The molecule has 5 rings (SSSR count). The van der Waals surface area contributed by atoms with E-state index in [4.69, 9.17) is 16.2 Å². The molecule has 14 heteroatoms. The molecule has 2 fully saturated rings. The number of nitrogens with zero attached hydrogens (tertiary/aromatic N) is 1. The molecule has 2 heterocycles. The zero-order valence-corrected chi connectivity index (χ0v) is 23.8. The van der Waals surface area contributed by atoms with Crippen molar-refractivity contribution in [2.75, 3.05) is 11.9 Å². The second-order valence-electron chi connectivity index (χ2n) is 12.8. The van der Waals surface area contributed by atoms with Crippen LogP contribution >= 0.6 is 0 Å². The van der Waals surface area contributed by atoms with Gasteiger partial charge in [0.15, 0.2) is 6.10 Å². The van der Waals surface area contributed by atoms with E-state index >= 15 is 0 Å². The number of nitrogens with two attached hydrogens (primary N) is 2. The molecule has 2 aliphatic carbocycles. The third-order valence-corrected chi connectivity index (χ3v) is 9.31. The van der Waals surface area contributed by atoms with Crippen LogP contribution in [0.15, 0.2) is 36.4 Å². The number of para-hydroxylation sites is 2. The number of carbonyl (C=O) groups is 5.